The van der Waals surface area contributed by atoms with E-state index < -0.39 is 0 Å². The summed E-state index contributed by atoms with van der Waals surface area (Å²) in [6.45, 7) is 4.31. The number of rotatable bonds is 5. The zero-order valence-electron chi connectivity index (χ0n) is 13.7. The largest absolute Gasteiger partial charge is 0.350 e. The molecule has 6 heteroatoms. The quantitative estimate of drug-likeness (QED) is 0.776. The average molecular weight is 341 g/mol. The fraction of sp³-hybridized carbons (Fsp3) is 0.278. The van der Waals surface area contributed by atoms with Crippen molar-refractivity contribution >= 4 is 27.5 Å². The summed E-state index contributed by atoms with van der Waals surface area (Å²) in [5, 5.41) is 5.42. The summed E-state index contributed by atoms with van der Waals surface area (Å²) in [5.41, 5.74) is 2.15. The Morgan fingerprint density at radius 3 is 2.79 bits per heavy atom. The number of nitrogens with zero attached hydrogens (tertiary/aromatic N) is 2. The topological polar surface area (TPSA) is 64.0 Å². The van der Waals surface area contributed by atoms with Crippen molar-refractivity contribution in [1.82, 2.24) is 14.9 Å². The molecule has 1 amide bonds. The lowest BCUT2D eigenvalue weighted by atomic mass is 10.1. The molecule has 1 unspecified atom stereocenters. The molecule has 2 heterocycles. The first kappa shape index (κ1) is 16.4. The van der Waals surface area contributed by atoms with Crippen LogP contribution in [-0.2, 0) is 11.3 Å². The number of carbonyl (C=O) groups excluding carboxylic acids is 1. The molecule has 2 aromatic heterocycles. The molecule has 0 aliphatic heterocycles. The smallest absolute Gasteiger partial charge is 0.262 e. The fourth-order valence-electron chi connectivity index (χ4n) is 2.53. The minimum absolute atomic E-state index is 0.0627. The second-order valence-electron chi connectivity index (χ2n) is 5.83. The van der Waals surface area contributed by atoms with Crippen LogP contribution in [0.5, 0.6) is 0 Å². The predicted molar refractivity (Wildman–Crippen MR) is 96.2 cm³/mol. The second kappa shape index (κ2) is 6.97. The molecular formula is C18H19N3O2S. The molecule has 0 bridgehead atoms. The van der Waals surface area contributed by atoms with Crippen LogP contribution < -0.4 is 10.9 Å². The number of thiophene rings is 1. The zero-order chi connectivity index (χ0) is 17.1. The monoisotopic (exact) mass is 341 g/mol. The van der Waals surface area contributed by atoms with Crippen molar-refractivity contribution in [1.29, 1.82) is 0 Å². The van der Waals surface area contributed by atoms with Gasteiger partial charge in [0.15, 0.2) is 0 Å². The van der Waals surface area contributed by atoms with E-state index in [1.54, 1.807) is 6.07 Å². The maximum atomic E-state index is 12.3. The van der Waals surface area contributed by atoms with E-state index in [1.165, 1.54) is 27.8 Å². The zero-order valence-corrected chi connectivity index (χ0v) is 14.5. The summed E-state index contributed by atoms with van der Waals surface area (Å²) in [5.74, 6) is -0.0830. The van der Waals surface area contributed by atoms with Crippen LogP contribution in [0.4, 0.5) is 0 Å². The van der Waals surface area contributed by atoms with Gasteiger partial charge in [0, 0.05) is 13.0 Å². The molecule has 3 rings (SSSR count). The Balaban J connectivity index is 1.61. The maximum Gasteiger partial charge on any atom is 0.262 e. The molecule has 1 atom stereocenters. The first-order valence-corrected chi connectivity index (χ1v) is 8.71. The minimum atomic E-state index is -0.0966. The van der Waals surface area contributed by atoms with E-state index in [4.69, 9.17) is 0 Å². The normalized spacial score (nSPS) is 12.2. The minimum Gasteiger partial charge on any atom is -0.350 e. The lowest BCUT2D eigenvalue weighted by Gasteiger charge is -2.15. The number of benzene rings is 1. The van der Waals surface area contributed by atoms with Gasteiger partial charge in [0.1, 0.15) is 4.83 Å². The van der Waals surface area contributed by atoms with E-state index in [9.17, 15) is 9.59 Å². The number of aryl methyl sites for hydroxylation is 2. The van der Waals surface area contributed by atoms with Gasteiger partial charge < -0.3 is 5.32 Å². The Morgan fingerprint density at radius 2 is 2.04 bits per heavy atom. The first-order chi connectivity index (χ1) is 11.5. The van der Waals surface area contributed by atoms with Crippen LogP contribution >= 0.6 is 11.3 Å². The van der Waals surface area contributed by atoms with E-state index in [2.05, 4.69) is 10.3 Å². The van der Waals surface area contributed by atoms with Gasteiger partial charge in [-0.1, -0.05) is 29.8 Å². The molecular weight excluding hydrogens is 322 g/mol. The summed E-state index contributed by atoms with van der Waals surface area (Å²) in [4.78, 5) is 29.4. The van der Waals surface area contributed by atoms with E-state index in [-0.39, 0.29) is 23.9 Å². The van der Waals surface area contributed by atoms with Crippen LogP contribution in [0.1, 0.15) is 30.5 Å². The van der Waals surface area contributed by atoms with Crippen LogP contribution in [0, 0.1) is 6.92 Å². The Bertz CT molecular complexity index is 912. The number of aromatic nitrogens is 2. The molecule has 5 nitrogen and oxygen atoms in total. The van der Waals surface area contributed by atoms with Crippen LogP contribution in [0.2, 0.25) is 0 Å². The highest BCUT2D eigenvalue weighted by Gasteiger charge is 2.11. The lowest BCUT2D eigenvalue weighted by molar-refractivity contribution is -0.121. The third kappa shape index (κ3) is 3.54. The SMILES string of the molecule is Cc1ccc(C(C)NC(=O)CCn2cnc3sccc3c2=O)cc1. The first-order valence-electron chi connectivity index (χ1n) is 7.83. The molecule has 124 valence electrons. The van der Waals surface area contributed by atoms with Crippen molar-refractivity contribution < 1.29 is 4.79 Å². The van der Waals surface area contributed by atoms with Crippen LogP contribution in [0.15, 0.2) is 46.8 Å². The van der Waals surface area contributed by atoms with Gasteiger partial charge >= 0.3 is 0 Å². The fourth-order valence-corrected chi connectivity index (χ4v) is 3.25. The van der Waals surface area contributed by atoms with Crippen molar-refractivity contribution in [3.05, 3.63) is 63.5 Å². The molecule has 0 fully saturated rings. The van der Waals surface area contributed by atoms with Crippen LogP contribution in [-0.4, -0.2) is 15.5 Å². The highest BCUT2D eigenvalue weighted by atomic mass is 32.1. The summed E-state index contributed by atoms with van der Waals surface area (Å²) < 4.78 is 1.49. The highest BCUT2D eigenvalue weighted by Crippen LogP contribution is 2.14. The molecule has 0 radical (unpaired) electrons. The van der Waals surface area contributed by atoms with Crippen molar-refractivity contribution in [2.24, 2.45) is 0 Å². The maximum absolute atomic E-state index is 12.3. The van der Waals surface area contributed by atoms with Gasteiger partial charge in [-0.2, -0.15) is 0 Å². The van der Waals surface area contributed by atoms with E-state index in [1.807, 2.05) is 43.5 Å². The molecule has 3 aromatic rings. The summed E-state index contributed by atoms with van der Waals surface area (Å²) >= 11 is 1.44. The van der Waals surface area contributed by atoms with Crippen molar-refractivity contribution in [3.8, 4) is 0 Å². The van der Waals surface area contributed by atoms with Gasteiger partial charge in [-0.3, -0.25) is 14.2 Å². The summed E-state index contributed by atoms with van der Waals surface area (Å²) in [6, 6.07) is 9.79. The Labute approximate surface area is 144 Å². The molecule has 0 aliphatic carbocycles. The number of nitrogens with one attached hydrogen (secondary N) is 1. The van der Waals surface area contributed by atoms with E-state index in [0.717, 1.165) is 10.4 Å². The van der Waals surface area contributed by atoms with Gasteiger partial charge in [-0.15, -0.1) is 11.3 Å². The number of amides is 1. The lowest BCUT2D eigenvalue weighted by Crippen LogP contribution is -2.29. The van der Waals surface area contributed by atoms with Crippen LogP contribution in [0.25, 0.3) is 10.2 Å². The van der Waals surface area contributed by atoms with Crippen molar-refractivity contribution in [2.45, 2.75) is 32.9 Å². The predicted octanol–water partition coefficient (Wildman–Crippen LogP) is 3.03. The number of hydrogen-bond acceptors (Lipinski definition) is 4. The molecule has 0 saturated carbocycles. The van der Waals surface area contributed by atoms with E-state index in [0.29, 0.717) is 11.9 Å². The molecule has 0 saturated heterocycles. The Kier molecular flexibility index (Phi) is 4.76. The van der Waals surface area contributed by atoms with Gasteiger partial charge in [-0.25, -0.2) is 4.98 Å². The van der Waals surface area contributed by atoms with Gasteiger partial charge in [0.2, 0.25) is 5.91 Å². The number of hydrogen-bond donors (Lipinski definition) is 1. The van der Waals surface area contributed by atoms with E-state index >= 15 is 0 Å². The van der Waals surface area contributed by atoms with Crippen molar-refractivity contribution in [3.63, 3.8) is 0 Å². The summed E-state index contributed by atoms with van der Waals surface area (Å²) in [7, 11) is 0. The third-order valence-corrected chi connectivity index (χ3v) is 4.81. The molecule has 0 spiro atoms. The van der Waals surface area contributed by atoms with Crippen LogP contribution in [0.3, 0.4) is 0 Å². The van der Waals surface area contributed by atoms with Crippen molar-refractivity contribution in [2.75, 3.05) is 0 Å². The Hall–Kier alpha value is -2.47. The third-order valence-electron chi connectivity index (χ3n) is 3.99. The second-order valence-corrected chi connectivity index (χ2v) is 6.73. The highest BCUT2D eigenvalue weighted by molar-refractivity contribution is 7.16. The molecule has 1 aromatic carbocycles. The Morgan fingerprint density at radius 1 is 1.29 bits per heavy atom. The van der Waals surface area contributed by atoms with Gasteiger partial charge in [0.05, 0.1) is 17.8 Å². The van der Waals surface area contributed by atoms with Gasteiger partial charge in [-0.05, 0) is 30.9 Å². The molecule has 1 N–H and O–H groups in total. The van der Waals surface area contributed by atoms with Gasteiger partial charge in [0.25, 0.3) is 5.56 Å². The molecule has 0 aliphatic rings. The average Bonchev–Trinajstić information content (AvgIpc) is 3.04. The number of fused-ring (bicyclic) bond motifs is 1. The number of carbonyl (C=O) groups is 1. The molecule has 24 heavy (non-hydrogen) atoms. The summed E-state index contributed by atoms with van der Waals surface area (Å²) in [6.07, 6.45) is 1.76. The standard InChI is InChI=1S/C18H19N3O2S/c1-12-3-5-14(6-4-12)13(2)20-16(22)7-9-21-11-19-17-15(18(21)23)8-10-24-17/h3-6,8,10-11,13H,7,9H2,1-2H3,(H,20,22).